The van der Waals surface area contributed by atoms with Crippen LogP contribution in [0.25, 0.3) is 0 Å². The Hall–Kier alpha value is -3.03. The van der Waals surface area contributed by atoms with Crippen molar-refractivity contribution in [3.63, 3.8) is 0 Å². The van der Waals surface area contributed by atoms with Crippen LogP contribution in [0, 0.1) is 0 Å². The number of Topliss-reactive ketones (excluding diaryl/α,β-unsaturated/α-hetero) is 1. The molecule has 2 rings (SSSR count). The maximum Gasteiger partial charge on any atom is 0.337 e. The number of anilines is 1. The second kappa shape index (κ2) is 11.8. The van der Waals surface area contributed by atoms with Gasteiger partial charge in [0, 0.05) is 12.1 Å². The van der Waals surface area contributed by atoms with Gasteiger partial charge in [0.2, 0.25) is 0 Å². The number of benzene rings is 2. The van der Waals surface area contributed by atoms with Gasteiger partial charge in [0.25, 0.3) is 11.7 Å². The van der Waals surface area contributed by atoms with Gasteiger partial charge in [0.15, 0.2) is 0 Å². The number of carbonyl (C=O) groups is 3. The summed E-state index contributed by atoms with van der Waals surface area (Å²) in [5.41, 5.74) is 1.02. The van der Waals surface area contributed by atoms with Crippen molar-refractivity contribution >= 4 is 23.3 Å². The third kappa shape index (κ3) is 7.09. The van der Waals surface area contributed by atoms with E-state index in [1.165, 1.54) is 30.3 Å². The van der Waals surface area contributed by atoms with Crippen LogP contribution in [0.3, 0.4) is 0 Å². The van der Waals surface area contributed by atoms with Gasteiger partial charge in [-0.2, -0.15) is 0 Å². The lowest BCUT2D eigenvalue weighted by atomic mass is 10.0. The highest BCUT2D eigenvalue weighted by atomic mass is 16.4. The van der Waals surface area contributed by atoms with E-state index in [0.717, 1.165) is 31.4 Å². The number of aliphatic hydroxyl groups is 1. The number of ketones is 1. The Morgan fingerprint density at radius 2 is 1.70 bits per heavy atom. The maximum atomic E-state index is 12.4. The molecule has 0 aromatic heterocycles. The molecule has 1 unspecified atom stereocenters. The van der Waals surface area contributed by atoms with E-state index in [9.17, 15) is 19.5 Å². The zero-order valence-corrected chi connectivity index (χ0v) is 17.1. The van der Waals surface area contributed by atoms with Crippen molar-refractivity contribution in [2.45, 2.75) is 38.7 Å². The molecular formula is C23H28N2O5. The largest absolute Gasteiger partial charge is 0.478 e. The monoisotopic (exact) mass is 412 g/mol. The minimum Gasteiger partial charge on any atom is -0.478 e. The van der Waals surface area contributed by atoms with Gasteiger partial charge >= 0.3 is 5.97 Å². The lowest BCUT2D eigenvalue weighted by molar-refractivity contribution is -0.112. The number of carboxylic acid groups (broad SMARTS) is 1. The lowest BCUT2D eigenvalue weighted by Gasteiger charge is -2.12. The van der Waals surface area contributed by atoms with E-state index < -0.39 is 23.8 Å². The summed E-state index contributed by atoms with van der Waals surface area (Å²) >= 11 is 0. The van der Waals surface area contributed by atoms with E-state index in [-0.39, 0.29) is 16.8 Å². The van der Waals surface area contributed by atoms with Crippen LogP contribution in [0.1, 0.15) is 52.5 Å². The first-order valence-electron chi connectivity index (χ1n) is 10.1. The highest BCUT2D eigenvalue weighted by Crippen LogP contribution is 2.16. The SMILES string of the molecule is CCCCCNCC(O)Cc1ccc(C(=O)C(=O)Nc2ccccc2C(=O)O)cc1. The third-order valence-corrected chi connectivity index (χ3v) is 4.64. The minimum atomic E-state index is -1.19. The highest BCUT2D eigenvalue weighted by Gasteiger charge is 2.19. The normalized spacial score (nSPS) is 11.7. The third-order valence-electron chi connectivity index (χ3n) is 4.64. The molecule has 7 nitrogen and oxygen atoms in total. The second-order valence-electron chi connectivity index (χ2n) is 7.10. The van der Waals surface area contributed by atoms with Gasteiger partial charge in [0.1, 0.15) is 0 Å². The van der Waals surface area contributed by atoms with Gasteiger partial charge in [-0.05, 0) is 37.1 Å². The summed E-state index contributed by atoms with van der Waals surface area (Å²) < 4.78 is 0. The molecule has 1 atom stereocenters. The molecule has 0 bridgehead atoms. The van der Waals surface area contributed by atoms with Crippen LogP contribution in [0.4, 0.5) is 5.69 Å². The molecule has 0 saturated carbocycles. The van der Waals surface area contributed by atoms with Crippen LogP contribution >= 0.6 is 0 Å². The van der Waals surface area contributed by atoms with Crippen molar-refractivity contribution < 1.29 is 24.6 Å². The van der Waals surface area contributed by atoms with E-state index in [4.69, 9.17) is 5.11 Å². The average Bonchev–Trinajstić information content (AvgIpc) is 2.74. The Labute approximate surface area is 176 Å². The van der Waals surface area contributed by atoms with Crippen LogP contribution in [0.2, 0.25) is 0 Å². The Morgan fingerprint density at radius 3 is 2.37 bits per heavy atom. The van der Waals surface area contributed by atoms with Crippen LogP contribution in [0.5, 0.6) is 0 Å². The van der Waals surface area contributed by atoms with Crippen LogP contribution in [-0.2, 0) is 11.2 Å². The van der Waals surface area contributed by atoms with Crippen molar-refractivity contribution in [2.75, 3.05) is 18.4 Å². The van der Waals surface area contributed by atoms with Gasteiger partial charge in [-0.3, -0.25) is 9.59 Å². The van der Waals surface area contributed by atoms with Gasteiger partial charge in [-0.25, -0.2) is 4.79 Å². The van der Waals surface area contributed by atoms with E-state index in [1.54, 1.807) is 18.2 Å². The Balaban J connectivity index is 1.90. The number of aromatic carboxylic acids is 1. The molecule has 0 heterocycles. The average molecular weight is 412 g/mol. The summed E-state index contributed by atoms with van der Waals surface area (Å²) in [7, 11) is 0. The van der Waals surface area contributed by atoms with E-state index >= 15 is 0 Å². The van der Waals surface area contributed by atoms with Crippen LogP contribution < -0.4 is 10.6 Å². The van der Waals surface area contributed by atoms with Gasteiger partial charge in [0.05, 0.1) is 17.4 Å². The molecule has 0 aliphatic rings. The smallest absolute Gasteiger partial charge is 0.337 e. The van der Waals surface area contributed by atoms with Crippen molar-refractivity contribution in [2.24, 2.45) is 0 Å². The molecule has 160 valence electrons. The zero-order chi connectivity index (χ0) is 21.9. The number of aliphatic hydroxyl groups excluding tert-OH is 1. The fourth-order valence-electron chi connectivity index (χ4n) is 2.99. The molecule has 7 heteroatoms. The first-order valence-corrected chi connectivity index (χ1v) is 10.1. The number of amides is 1. The molecule has 2 aromatic carbocycles. The Morgan fingerprint density at radius 1 is 1.00 bits per heavy atom. The Bertz CT molecular complexity index is 864. The Kier molecular flexibility index (Phi) is 9.18. The molecular weight excluding hydrogens is 384 g/mol. The highest BCUT2D eigenvalue weighted by molar-refractivity contribution is 6.46. The fourth-order valence-corrected chi connectivity index (χ4v) is 2.99. The summed E-state index contributed by atoms with van der Waals surface area (Å²) in [6, 6.07) is 12.3. The first kappa shape index (κ1) is 23.3. The number of para-hydroxylation sites is 1. The van der Waals surface area contributed by atoms with Gasteiger partial charge in [-0.1, -0.05) is 56.2 Å². The van der Waals surface area contributed by atoms with E-state index in [1.807, 2.05) is 0 Å². The quantitative estimate of drug-likeness (QED) is 0.242. The summed E-state index contributed by atoms with van der Waals surface area (Å²) in [5, 5.41) is 24.9. The number of nitrogens with one attached hydrogen (secondary N) is 2. The number of hydrogen-bond donors (Lipinski definition) is 4. The number of unbranched alkanes of at least 4 members (excludes halogenated alkanes) is 2. The molecule has 4 N–H and O–H groups in total. The van der Waals surface area contributed by atoms with Crippen molar-refractivity contribution in [1.82, 2.24) is 5.32 Å². The summed E-state index contributed by atoms with van der Waals surface area (Å²) in [6.45, 7) is 3.51. The predicted octanol–water partition coefficient (Wildman–Crippen LogP) is 2.89. The molecule has 0 radical (unpaired) electrons. The van der Waals surface area contributed by atoms with Crippen LogP contribution in [0.15, 0.2) is 48.5 Å². The zero-order valence-electron chi connectivity index (χ0n) is 17.1. The molecule has 0 aliphatic heterocycles. The molecule has 0 aliphatic carbocycles. The molecule has 30 heavy (non-hydrogen) atoms. The summed E-state index contributed by atoms with van der Waals surface area (Å²) in [4.78, 5) is 35.8. The first-order chi connectivity index (χ1) is 14.4. The van der Waals surface area contributed by atoms with Crippen molar-refractivity contribution in [3.05, 3.63) is 65.2 Å². The van der Waals surface area contributed by atoms with E-state index in [0.29, 0.717) is 13.0 Å². The summed E-state index contributed by atoms with van der Waals surface area (Å²) in [5.74, 6) is -2.87. The number of rotatable bonds is 12. The van der Waals surface area contributed by atoms with Crippen molar-refractivity contribution in [1.29, 1.82) is 0 Å². The topological polar surface area (TPSA) is 116 Å². The number of carbonyl (C=O) groups excluding carboxylic acids is 2. The van der Waals surface area contributed by atoms with Crippen LogP contribution in [-0.4, -0.2) is 47.1 Å². The molecule has 0 spiro atoms. The molecule has 1 amide bonds. The lowest BCUT2D eigenvalue weighted by Crippen LogP contribution is -2.29. The summed E-state index contributed by atoms with van der Waals surface area (Å²) in [6.07, 6.45) is 3.30. The van der Waals surface area contributed by atoms with E-state index in [2.05, 4.69) is 17.6 Å². The number of carboxylic acids is 1. The van der Waals surface area contributed by atoms with Crippen molar-refractivity contribution in [3.8, 4) is 0 Å². The molecule has 2 aromatic rings. The molecule has 0 fully saturated rings. The minimum absolute atomic E-state index is 0.0644. The fraction of sp³-hybridized carbons (Fsp3) is 0.348. The number of hydrogen-bond acceptors (Lipinski definition) is 5. The second-order valence-corrected chi connectivity index (χ2v) is 7.10. The maximum absolute atomic E-state index is 12.4. The van der Waals surface area contributed by atoms with Gasteiger partial charge in [-0.15, -0.1) is 0 Å². The predicted molar refractivity (Wildman–Crippen MR) is 115 cm³/mol. The van der Waals surface area contributed by atoms with Gasteiger partial charge < -0.3 is 20.8 Å². The molecule has 0 saturated heterocycles. The standard InChI is InChI=1S/C23H28N2O5/c1-2-3-6-13-24-15-18(26)14-16-9-11-17(12-10-16)21(27)22(28)25-20-8-5-4-7-19(20)23(29)30/h4-5,7-12,18,24,26H,2-3,6,13-15H2,1H3,(H,25,28)(H,29,30).